The number of phenols is 1. The van der Waals surface area contributed by atoms with Crippen LogP contribution in [0.15, 0.2) is 63.7 Å². The number of phenolic OH excluding ortho intramolecular Hbond substituents is 1. The molecular formula is C22H21NO6S. The summed E-state index contributed by atoms with van der Waals surface area (Å²) < 4.78 is 15.6. The van der Waals surface area contributed by atoms with Gasteiger partial charge in [-0.05, 0) is 42.8 Å². The molecule has 1 heterocycles. The first-order valence-corrected chi connectivity index (χ1v) is 9.88. The van der Waals surface area contributed by atoms with Gasteiger partial charge in [0.05, 0.1) is 31.4 Å². The van der Waals surface area contributed by atoms with Crippen LogP contribution in [-0.4, -0.2) is 42.1 Å². The smallest absolute Gasteiger partial charge is 0.344 e. The van der Waals surface area contributed by atoms with Gasteiger partial charge in [-0.1, -0.05) is 23.9 Å². The van der Waals surface area contributed by atoms with E-state index in [0.717, 1.165) is 17.3 Å². The molecule has 0 atom stereocenters. The van der Waals surface area contributed by atoms with Crippen LogP contribution < -0.4 is 9.47 Å². The first kappa shape index (κ1) is 21.3. The van der Waals surface area contributed by atoms with Crippen LogP contribution in [0, 0.1) is 0 Å². The lowest BCUT2D eigenvalue weighted by Gasteiger charge is -2.08. The summed E-state index contributed by atoms with van der Waals surface area (Å²) in [5.74, 6) is 0.325. The van der Waals surface area contributed by atoms with E-state index in [2.05, 4.69) is 4.99 Å². The van der Waals surface area contributed by atoms with E-state index < -0.39 is 5.97 Å². The highest BCUT2D eigenvalue weighted by Crippen LogP contribution is 2.41. The van der Waals surface area contributed by atoms with Crippen molar-refractivity contribution in [2.24, 2.45) is 4.99 Å². The van der Waals surface area contributed by atoms with Gasteiger partial charge in [0.1, 0.15) is 22.1 Å². The van der Waals surface area contributed by atoms with Crippen LogP contribution in [0.3, 0.4) is 0 Å². The van der Waals surface area contributed by atoms with Crippen LogP contribution in [-0.2, 0) is 9.53 Å². The minimum atomic E-state index is -0.657. The highest BCUT2D eigenvalue weighted by Gasteiger charge is 2.33. The molecule has 0 aromatic heterocycles. The lowest BCUT2D eigenvalue weighted by Crippen LogP contribution is -2.12. The van der Waals surface area contributed by atoms with Gasteiger partial charge < -0.3 is 24.4 Å². The summed E-state index contributed by atoms with van der Waals surface area (Å²) in [6, 6.07) is 11.6. The Bertz CT molecular complexity index is 1040. The molecule has 2 N–H and O–H groups in total. The molecule has 30 heavy (non-hydrogen) atoms. The fraction of sp³-hybridized carbons (Fsp3) is 0.182. The van der Waals surface area contributed by atoms with Crippen LogP contribution in [0.4, 0.5) is 5.69 Å². The number of nitrogens with zero attached hydrogens (tertiary/aromatic N) is 1. The predicted molar refractivity (Wildman–Crippen MR) is 117 cm³/mol. The number of carbonyl (C=O) groups is 1. The molecule has 0 unspecified atom stereocenters. The molecule has 0 saturated heterocycles. The summed E-state index contributed by atoms with van der Waals surface area (Å²) in [5.41, 5.74) is 1.27. The molecule has 2 aromatic rings. The fourth-order valence-corrected chi connectivity index (χ4v) is 3.76. The number of ether oxygens (including phenoxy) is 3. The number of benzene rings is 2. The van der Waals surface area contributed by atoms with Crippen molar-refractivity contribution >= 4 is 34.5 Å². The molecule has 2 aromatic carbocycles. The van der Waals surface area contributed by atoms with Crippen molar-refractivity contribution in [1.82, 2.24) is 0 Å². The maximum atomic E-state index is 12.5. The molecule has 1 aliphatic rings. The van der Waals surface area contributed by atoms with Gasteiger partial charge in [0.2, 0.25) is 0 Å². The minimum Gasteiger partial charge on any atom is -0.508 e. The van der Waals surface area contributed by atoms with Gasteiger partial charge in [-0.2, -0.15) is 0 Å². The van der Waals surface area contributed by atoms with Crippen LogP contribution in [0.1, 0.15) is 12.5 Å². The van der Waals surface area contributed by atoms with E-state index >= 15 is 0 Å². The second-order valence-corrected chi connectivity index (χ2v) is 7.13. The van der Waals surface area contributed by atoms with Gasteiger partial charge in [-0.3, -0.25) is 0 Å². The lowest BCUT2D eigenvalue weighted by atomic mass is 10.1. The van der Waals surface area contributed by atoms with E-state index in [9.17, 15) is 15.0 Å². The third kappa shape index (κ3) is 4.60. The predicted octanol–water partition coefficient (Wildman–Crippen LogP) is 4.60. The average Bonchev–Trinajstić information content (AvgIpc) is 3.04. The van der Waals surface area contributed by atoms with E-state index in [4.69, 9.17) is 14.2 Å². The Kier molecular flexibility index (Phi) is 6.68. The summed E-state index contributed by atoms with van der Waals surface area (Å²) >= 11 is 1.15. The van der Waals surface area contributed by atoms with Crippen molar-refractivity contribution < 1.29 is 29.2 Å². The number of rotatable bonds is 6. The summed E-state index contributed by atoms with van der Waals surface area (Å²) in [6.07, 6.45) is 1.70. The highest BCUT2D eigenvalue weighted by atomic mass is 32.2. The Hall–Kier alpha value is -3.39. The quantitative estimate of drug-likeness (QED) is 0.650. The Morgan fingerprint density at radius 3 is 2.40 bits per heavy atom. The van der Waals surface area contributed by atoms with Crippen LogP contribution in [0.25, 0.3) is 6.08 Å². The summed E-state index contributed by atoms with van der Waals surface area (Å²) in [5, 5.41) is 20.5. The van der Waals surface area contributed by atoms with Gasteiger partial charge in [0.25, 0.3) is 0 Å². The average molecular weight is 427 g/mol. The van der Waals surface area contributed by atoms with Crippen molar-refractivity contribution in [3.8, 4) is 17.2 Å². The zero-order valence-corrected chi connectivity index (χ0v) is 17.5. The lowest BCUT2D eigenvalue weighted by molar-refractivity contribution is -0.138. The second kappa shape index (κ2) is 9.41. The summed E-state index contributed by atoms with van der Waals surface area (Å²) in [4.78, 5) is 17.5. The molecule has 0 amide bonds. The van der Waals surface area contributed by atoms with E-state index in [0.29, 0.717) is 27.1 Å². The molecule has 1 aliphatic heterocycles. The van der Waals surface area contributed by atoms with Crippen molar-refractivity contribution in [2.75, 3.05) is 20.8 Å². The maximum absolute atomic E-state index is 12.5. The molecule has 0 spiro atoms. The van der Waals surface area contributed by atoms with Crippen molar-refractivity contribution in [1.29, 1.82) is 0 Å². The Balaban J connectivity index is 2.04. The molecule has 8 heteroatoms. The molecule has 0 aliphatic carbocycles. The van der Waals surface area contributed by atoms with Crippen LogP contribution >= 0.6 is 11.8 Å². The molecule has 0 saturated carbocycles. The van der Waals surface area contributed by atoms with E-state index in [1.807, 2.05) is 0 Å². The molecule has 0 fully saturated rings. The van der Waals surface area contributed by atoms with Gasteiger partial charge in [-0.25, -0.2) is 9.79 Å². The fourth-order valence-electron chi connectivity index (χ4n) is 2.73. The largest absolute Gasteiger partial charge is 0.508 e. The van der Waals surface area contributed by atoms with Crippen LogP contribution in [0.5, 0.6) is 17.2 Å². The molecule has 156 valence electrons. The number of methoxy groups -OCH3 is 2. The Labute approximate surface area is 178 Å². The topological polar surface area (TPSA) is 97.6 Å². The van der Waals surface area contributed by atoms with E-state index in [1.54, 1.807) is 43.3 Å². The number of carbonyl (C=O) groups excluding carboxylic acids is 1. The number of aliphatic hydroxyl groups is 1. The third-order valence-electron chi connectivity index (χ3n) is 4.16. The van der Waals surface area contributed by atoms with Gasteiger partial charge in [0, 0.05) is 6.07 Å². The number of aliphatic imine (C=N–C) groups is 1. The van der Waals surface area contributed by atoms with Gasteiger partial charge in [-0.15, -0.1) is 0 Å². The third-order valence-corrected chi connectivity index (χ3v) is 5.18. The standard InChI is InChI=1S/C22H21NO6S/c1-4-29-22(26)19-20(25)18(11-13-5-8-15(24)9-6-13)30-21(19)23-14-7-10-16(27-2)17(12-14)28-3/h5-12,24-25H,4H2,1-3H3/b18-11+,23-21?. The monoisotopic (exact) mass is 427 g/mol. The molecule has 3 rings (SSSR count). The Morgan fingerprint density at radius 2 is 1.77 bits per heavy atom. The zero-order valence-electron chi connectivity index (χ0n) is 16.7. The summed E-state index contributed by atoms with van der Waals surface area (Å²) in [7, 11) is 3.06. The normalized spacial score (nSPS) is 16.2. The van der Waals surface area contributed by atoms with Crippen molar-refractivity contribution in [3.05, 3.63) is 64.3 Å². The molecule has 7 nitrogen and oxygen atoms in total. The first-order chi connectivity index (χ1) is 14.5. The van der Waals surface area contributed by atoms with Crippen molar-refractivity contribution in [3.63, 3.8) is 0 Å². The second-order valence-electron chi connectivity index (χ2n) is 6.10. The number of hydrogen-bond donors (Lipinski definition) is 2. The van der Waals surface area contributed by atoms with Crippen molar-refractivity contribution in [2.45, 2.75) is 6.92 Å². The number of aromatic hydroxyl groups is 1. The highest BCUT2D eigenvalue weighted by molar-refractivity contribution is 8.18. The number of aliphatic hydroxyl groups excluding tert-OH is 1. The van der Waals surface area contributed by atoms with E-state index in [-0.39, 0.29) is 23.7 Å². The first-order valence-electron chi connectivity index (χ1n) is 9.07. The minimum absolute atomic E-state index is 0.00154. The van der Waals surface area contributed by atoms with Gasteiger partial charge in [0.15, 0.2) is 11.5 Å². The molecule has 0 bridgehead atoms. The maximum Gasteiger partial charge on any atom is 0.344 e. The SMILES string of the molecule is CCOC(=O)C1=C(O)/C(=C\c2ccc(O)cc2)SC1=Nc1ccc(OC)c(OC)c1. The number of esters is 1. The molecular weight excluding hydrogens is 406 g/mol. The zero-order chi connectivity index (χ0) is 21.7. The van der Waals surface area contributed by atoms with Gasteiger partial charge >= 0.3 is 5.97 Å². The summed E-state index contributed by atoms with van der Waals surface area (Å²) in [6.45, 7) is 1.86. The molecule has 0 radical (unpaired) electrons. The van der Waals surface area contributed by atoms with Crippen LogP contribution in [0.2, 0.25) is 0 Å². The van der Waals surface area contributed by atoms with E-state index in [1.165, 1.54) is 26.4 Å². The number of hydrogen-bond acceptors (Lipinski definition) is 8. The number of thioether (sulfide) groups is 1. The Morgan fingerprint density at radius 1 is 1.07 bits per heavy atom.